The molecule has 0 bridgehead atoms. The highest BCUT2D eigenvalue weighted by molar-refractivity contribution is 4.91. The number of hydrogen-bond acceptors (Lipinski definition) is 5. The zero-order valence-corrected chi connectivity index (χ0v) is 8.67. The molecule has 7 nitrogen and oxygen atoms in total. The van der Waals surface area contributed by atoms with Gasteiger partial charge < -0.3 is 14.9 Å². The van der Waals surface area contributed by atoms with Crippen molar-refractivity contribution in [1.82, 2.24) is 9.55 Å². The van der Waals surface area contributed by atoms with E-state index < -0.39 is 41.9 Å². The molecule has 1 aliphatic heterocycles. The van der Waals surface area contributed by atoms with Gasteiger partial charge in [-0.15, -0.1) is 0 Å². The number of nitrogens with one attached hydrogen (secondary N) is 1. The number of nitrogens with zero attached hydrogens (tertiary/aromatic N) is 1. The van der Waals surface area contributed by atoms with Crippen LogP contribution in [0.15, 0.2) is 15.8 Å². The zero-order chi connectivity index (χ0) is 12.6. The molecule has 3 unspecified atom stereocenters. The molecular weight excluding hydrogens is 235 g/mol. The Hall–Kier alpha value is -1.51. The maximum atomic E-state index is 13.1. The normalized spacial score (nSPS) is 28.5. The van der Waals surface area contributed by atoms with Crippen LogP contribution in [-0.2, 0) is 4.74 Å². The lowest BCUT2D eigenvalue weighted by molar-refractivity contribution is 0.0121. The summed E-state index contributed by atoms with van der Waals surface area (Å²) in [5, 5.41) is 18.5. The molecule has 3 N–H and O–H groups in total. The fourth-order valence-corrected chi connectivity index (χ4v) is 1.78. The van der Waals surface area contributed by atoms with Crippen molar-refractivity contribution in [3.63, 3.8) is 0 Å². The van der Waals surface area contributed by atoms with E-state index in [1.807, 2.05) is 0 Å². The molecule has 1 aromatic heterocycles. The van der Waals surface area contributed by atoms with Crippen molar-refractivity contribution < 1.29 is 19.3 Å². The molecule has 1 saturated heterocycles. The summed E-state index contributed by atoms with van der Waals surface area (Å²) in [7, 11) is 0. The molecule has 2 rings (SSSR count). The van der Waals surface area contributed by atoms with Gasteiger partial charge in [0.25, 0.3) is 5.56 Å². The maximum Gasteiger partial charge on any atom is 0.330 e. The van der Waals surface area contributed by atoms with Crippen LogP contribution < -0.4 is 11.2 Å². The number of halogens is 1. The van der Waals surface area contributed by atoms with E-state index >= 15 is 0 Å². The first-order valence-corrected chi connectivity index (χ1v) is 4.96. The summed E-state index contributed by atoms with van der Waals surface area (Å²) >= 11 is 0. The van der Waals surface area contributed by atoms with Gasteiger partial charge in [0.05, 0.1) is 31.4 Å². The number of hydrogen-bond donors (Lipinski definition) is 3. The van der Waals surface area contributed by atoms with Crippen molar-refractivity contribution in [3.05, 3.63) is 32.9 Å². The number of H-pyrrole nitrogens is 1. The van der Waals surface area contributed by atoms with Crippen LogP contribution in [0, 0.1) is 11.7 Å². The van der Waals surface area contributed by atoms with Gasteiger partial charge in [0, 0.05) is 0 Å². The lowest BCUT2D eigenvalue weighted by Gasteiger charge is -2.19. The number of aliphatic hydroxyl groups excluding tert-OH is 2. The second kappa shape index (κ2) is 4.40. The molecule has 2 heterocycles. The van der Waals surface area contributed by atoms with Crippen molar-refractivity contribution in [2.75, 3.05) is 13.2 Å². The number of rotatable bonds is 2. The Balaban J connectivity index is 2.44. The second-order valence-electron chi connectivity index (χ2n) is 3.78. The van der Waals surface area contributed by atoms with E-state index in [2.05, 4.69) is 0 Å². The number of aromatic nitrogens is 2. The second-order valence-corrected chi connectivity index (χ2v) is 3.78. The van der Waals surface area contributed by atoms with Crippen molar-refractivity contribution >= 4 is 0 Å². The first-order chi connectivity index (χ1) is 8.04. The number of aromatic amines is 1. The molecular formula is C9H11FN2O5. The Morgan fingerprint density at radius 2 is 2.29 bits per heavy atom. The van der Waals surface area contributed by atoms with E-state index in [-0.39, 0.29) is 6.61 Å². The van der Waals surface area contributed by atoms with E-state index in [4.69, 9.17) is 9.84 Å². The van der Waals surface area contributed by atoms with Crippen LogP contribution in [0.2, 0.25) is 0 Å². The maximum absolute atomic E-state index is 13.1. The van der Waals surface area contributed by atoms with E-state index in [1.54, 1.807) is 4.98 Å². The van der Waals surface area contributed by atoms with E-state index in [0.717, 1.165) is 4.57 Å². The molecule has 17 heavy (non-hydrogen) atoms. The quantitative estimate of drug-likeness (QED) is 0.569. The standard InChI is InChI=1S/C9H11FN2O5/c10-5-1-12(9(16)11-7(5)15)8-4(2-13)6(14)3-17-8/h1,4,6,8,13-14H,2-3H2,(H,11,15,16). The Morgan fingerprint density at radius 3 is 2.94 bits per heavy atom. The lowest BCUT2D eigenvalue weighted by atomic mass is 10.1. The first kappa shape index (κ1) is 12.0. The summed E-state index contributed by atoms with van der Waals surface area (Å²) in [4.78, 5) is 24.1. The van der Waals surface area contributed by atoms with E-state index in [1.165, 1.54) is 0 Å². The highest BCUT2D eigenvalue weighted by Crippen LogP contribution is 2.28. The van der Waals surface area contributed by atoms with E-state index in [9.17, 15) is 19.1 Å². The minimum absolute atomic E-state index is 0.0664. The molecule has 0 aliphatic carbocycles. The zero-order valence-electron chi connectivity index (χ0n) is 8.67. The minimum Gasteiger partial charge on any atom is -0.396 e. The largest absolute Gasteiger partial charge is 0.396 e. The first-order valence-electron chi connectivity index (χ1n) is 4.96. The van der Waals surface area contributed by atoms with Gasteiger partial charge in [0.2, 0.25) is 5.82 Å². The third-order valence-corrected chi connectivity index (χ3v) is 2.71. The predicted octanol–water partition coefficient (Wildman–Crippen LogP) is -1.83. The Kier molecular flexibility index (Phi) is 3.09. The molecule has 1 aliphatic rings. The van der Waals surface area contributed by atoms with Crippen LogP contribution >= 0.6 is 0 Å². The van der Waals surface area contributed by atoms with Gasteiger partial charge in [-0.3, -0.25) is 14.3 Å². The van der Waals surface area contributed by atoms with Gasteiger partial charge in [-0.05, 0) is 0 Å². The van der Waals surface area contributed by atoms with Gasteiger partial charge in [0.15, 0.2) is 0 Å². The van der Waals surface area contributed by atoms with Gasteiger partial charge in [-0.2, -0.15) is 4.39 Å². The van der Waals surface area contributed by atoms with Crippen LogP contribution in [0.4, 0.5) is 4.39 Å². The molecule has 0 amide bonds. The summed E-state index contributed by atoms with van der Waals surface area (Å²) in [5.41, 5.74) is -1.97. The summed E-state index contributed by atoms with van der Waals surface area (Å²) in [6.45, 7) is -0.484. The molecule has 1 fully saturated rings. The van der Waals surface area contributed by atoms with E-state index in [0.29, 0.717) is 6.20 Å². The topological polar surface area (TPSA) is 105 Å². The SMILES string of the molecule is O=c1[nH]c(=O)n(C2OCC(O)C2CO)cc1F. The molecule has 0 saturated carbocycles. The Bertz CT molecular complexity index is 525. The van der Waals surface area contributed by atoms with Crippen LogP contribution in [-0.4, -0.2) is 39.1 Å². The van der Waals surface area contributed by atoms with Crippen LogP contribution in [0.1, 0.15) is 6.23 Å². The highest BCUT2D eigenvalue weighted by Gasteiger charge is 2.37. The smallest absolute Gasteiger partial charge is 0.330 e. The summed E-state index contributed by atoms with van der Waals surface area (Å²) in [6.07, 6.45) is -1.23. The lowest BCUT2D eigenvalue weighted by Crippen LogP contribution is -2.37. The van der Waals surface area contributed by atoms with Crippen LogP contribution in [0.5, 0.6) is 0 Å². The Morgan fingerprint density at radius 1 is 1.59 bits per heavy atom. The van der Waals surface area contributed by atoms with Crippen molar-refractivity contribution in [3.8, 4) is 0 Å². The summed E-state index contributed by atoms with van der Waals surface area (Å²) in [6, 6.07) is 0. The van der Waals surface area contributed by atoms with Gasteiger partial charge in [0.1, 0.15) is 6.23 Å². The third kappa shape index (κ3) is 2.02. The molecule has 94 valence electrons. The van der Waals surface area contributed by atoms with Crippen molar-refractivity contribution in [1.29, 1.82) is 0 Å². The molecule has 0 spiro atoms. The monoisotopic (exact) mass is 246 g/mol. The van der Waals surface area contributed by atoms with Crippen molar-refractivity contribution in [2.24, 2.45) is 5.92 Å². The van der Waals surface area contributed by atoms with Gasteiger partial charge in [-0.25, -0.2) is 4.79 Å². The molecule has 3 atom stereocenters. The van der Waals surface area contributed by atoms with Crippen LogP contribution in [0.3, 0.4) is 0 Å². The van der Waals surface area contributed by atoms with Gasteiger partial charge >= 0.3 is 5.69 Å². The number of ether oxygens (including phenoxy) is 1. The summed E-state index contributed by atoms with van der Waals surface area (Å²) in [5.74, 6) is -1.87. The predicted molar refractivity (Wildman–Crippen MR) is 52.9 cm³/mol. The molecule has 0 radical (unpaired) electrons. The fourth-order valence-electron chi connectivity index (χ4n) is 1.78. The average molecular weight is 246 g/mol. The highest BCUT2D eigenvalue weighted by atomic mass is 19.1. The fraction of sp³-hybridized carbons (Fsp3) is 0.556. The van der Waals surface area contributed by atoms with Crippen molar-refractivity contribution in [2.45, 2.75) is 12.3 Å². The average Bonchev–Trinajstić information content (AvgIpc) is 2.64. The molecule has 1 aromatic rings. The number of aliphatic hydroxyl groups is 2. The summed E-state index contributed by atoms with van der Waals surface area (Å²) < 4.78 is 19.0. The molecule has 8 heteroatoms. The Labute approximate surface area is 94.1 Å². The van der Waals surface area contributed by atoms with Gasteiger partial charge in [-0.1, -0.05) is 0 Å². The van der Waals surface area contributed by atoms with Crippen LogP contribution in [0.25, 0.3) is 0 Å². The molecule has 0 aromatic carbocycles. The third-order valence-electron chi connectivity index (χ3n) is 2.71. The minimum atomic E-state index is -1.13.